The molecule has 0 radical (unpaired) electrons. The molecule has 0 aromatic heterocycles. The van der Waals surface area contributed by atoms with Crippen LogP contribution in [0.3, 0.4) is 0 Å². The van der Waals surface area contributed by atoms with E-state index in [1.54, 1.807) is 0 Å². The minimum Gasteiger partial charge on any atom is -0.744 e. The smallest absolute Gasteiger partial charge is 0.308 e. The Kier molecular flexibility index (Phi) is 3.41. The van der Waals surface area contributed by atoms with Crippen molar-refractivity contribution in [3.8, 4) is 5.75 Å². The summed E-state index contributed by atoms with van der Waals surface area (Å²) in [6.07, 6.45) is 2.88. The first-order valence-electron chi connectivity index (χ1n) is 5.68. The second kappa shape index (κ2) is 4.70. The average molecular weight is 269 g/mol. The zero-order valence-corrected chi connectivity index (χ0v) is 10.7. The second-order valence-corrected chi connectivity index (χ2v) is 5.62. The van der Waals surface area contributed by atoms with Crippen molar-refractivity contribution in [3.63, 3.8) is 0 Å². The number of hydrogen-bond acceptors (Lipinski definition) is 5. The van der Waals surface area contributed by atoms with E-state index in [-0.39, 0.29) is 4.90 Å². The van der Waals surface area contributed by atoms with Crippen molar-refractivity contribution < 1.29 is 22.5 Å². The van der Waals surface area contributed by atoms with E-state index in [0.717, 1.165) is 12.8 Å². The van der Waals surface area contributed by atoms with E-state index < -0.39 is 16.1 Å². The lowest BCUT2D eigenvalue weighted by Crippen LogP contribution is -2.13. The molecule has 98 valence electrons. The van der Waals surface area contributed by atoms with Gasteiger partial charge in [0.1, 0.15) is 15.9 Å². The van der Waals surface area contributed by atoms with Crippen molar-refractivity contribution in [1.29, 1.82) is 0 Å². The Morgan fingerprint density at radius 3 is 2.39 bits per heavy atom. The first kappa shape index (κ1) is 13.0. The van der Waals surface area contributed by atoms with Crippen LogP contribution < -0.4 is 4.74 Å². The molecule has 1 aromatic carbocycles. The molecule has 0 heterocycles. The highest BCUT2D eigenvalue weighted by molar-refractivity contribution is 7.85. The summed E-state index contributed by atoms with van der Waals surface area (Å²) in [5, 5.41) is 0. The fourth-order valence-electron chi connectivity index (χ4n) is 2.29. The second-order valence-electron chi connectivity index (χ2n) is 4.27. The molecule has 1 aromatic rings. The van der Waals surface area contributed by atoms with E-state index in [0.29, 0.717) is 29.7 Å². The minimum absolute atomic E-state index is 0.187. The van der Waals surface area contributed by atoms with Gasteiger partial charge in [-0.05, 0) is 48.9 Å². The van der Waals surface area contributed by atoms with Gasteiger partial charge >= 0.3 is 5.97 Å². The molecule has 0 aliphatic heterocycles. The molecule has 0 atom stereocenters. The summed E-state index contributed by atoms with van der Waals surface area (Å²) in [5.41, 5.74) is 1.18. The highest BCUT2D eigenvalue weighted by Gasteiger charge is 2.21. The normalized spacial score (nSPS) is 15.0. The summed E-state index contributed by atoms with van der Waals surface area (Å²) < 4.78 is 38.6. The molecule has 0 unspecified atom stereocenters. The third-order valence-electron chi connectivity index (χ3n) is 2.97. The van der Waals surface area contributed by atoms with Gasteiger partial charge in [-0.2, -0.15) is 0 Å². The largest absolute Gasteiger partial charge is 0.744 e. The maximum atomic E-state index is 11.2. The highest BCUT2D eigenvalue weighted by atomic mass is 32.2. The van der Waals surface area contributed by atoms with Crippen LogP contribution in [0.4, 0.5) is 0 Å². The molecular weight excluding hydrogens is 256 g/mol. The maximum Gasteiger partial charge on any atom is 0.308 e. The molecule has 0 N–H and O–H groups in total. The van der Waals surface area contributed by atoms with Crippen molar-refractivity contribution in [2.75, 3.05) is 0 Å². The van der Waals surface area contributed by atoms with E-state index in [4.69, 9.17) is 4.74 Å². The van der Waals surface area contributed by atoms with Crippen LogP contribution in [-0.4, -0.2) is 18.9 Å². The Morgan fingerprint density at radius 1 is 1.22 bits per heavy atom. The van der Waals surface area contributed by atoms with Crippen LogP contribution in [0.25, 0.3) is 0 Å². The van der Waals surface area contributed by atoms with Crippen molar-refractivity contribution in [3.05, 3.63) is 23.3 Å². The zero-order valence-electron chi connectivity index (χ0n) is 9.93. The quantitative estimate of drug-likeness (QED) is 0.460. The van der Waals surface area contributed by atoms with E-state index in [2.05, 4.69) is 0 Å². The summed E-state index contributed by atoms with van der Waals surface area (Å²) in [4.78, 5) is 10.8. The van der Waals surface area contributed by atoms with Crippen LogP contribution in [0.1, 0.15) is 30.9 Å². The van der Waals surface area contributed by atoms with Gasteiger partial charge in [0.2, 0.25) is 0 Å². The molecule has 18 heavy (non-hydrogen) atoms. The fourth-order valence-corrected chi connectivity index (χ4v) is 3.05. The van der Waals surface area contributed by atoms with Crippen LogP contribution in [0.2, 0.25) is 0 Å². The Labute approximate surface area is 106 Å². The predicted octanol–water partition coefficient (Wildman–Crippen LogP) is 1.39. The molecule has 2 rings (SSSR count). The number of hydrogen-bond donors (Lipinski definition) is 0. The summed E-state index contributed by atoms with van der Waals surface area (Å²) >= 11 is 0. The number of carbonyl (C=O) groups is 1. The molecule has 1 aliphatic carbocycles. The lowest BCUT2D eigenvalue weighted by atomic mass is 9.91. The number of esters is 1. The van der Waals surface area contributed by atoms with E-state index in [9.17, 15) is 17.8 Å². The van der Waals surface area contributed by atoms with Gasteiger partial charge in [0, 0.05) is 6.92 Å². The maximum absolute atomic E-state index is 11.2. The van der Waals surface area contributed by atoms with Gasteiger partial charge in [0.25, 0.3) is 0 Å². The zero-order chi connectivity index (χ0) is 13.3. The average Bonchev–Trinajstić information content (AvgIpc) is 2.27. The van der Waals surface area contributed by atoms with Crippen LogP contribution in [0.5, 0.6) is 5.75 Å². The van der Waals surface area contributed by atoms with Gasteiger partial charge in [0.05, 0.1) is 4.90 Å². The van der Waals surface area contributed by atoms with Crippen LogP contribution in [0.15, 0.2) is 17.0 Å². The standard InChI is InChI=1S/C12H14O5S/c1-8(13)17-11-6-7-12(18(14,15)16)10-5-3-2-4-9(10)11/h6-7H,2-5H2,1H3,(H,14,15,16)/p-1. The predicted molar refractivity (Wildman–Crippen MR) is 62.4 cm³/mol. The summed E-state index contributed by atoms with van der Waals surface area (Å²) in [6.45, 7) is 1.29. The molecule has 0 saturated carbocycles. The van der Waals surface area contributed by atoms with Gasteiger partial charge in [-0.3, -0.25) is 4.79 Å². The Morgan fingerprint density at radius 2 is 1.83 bits per heavy atom. The third-order valence-corrected chi connectivity index (χ3v) is 3.89. The van der Waals surface area contributed by atoms with Crippen LogP contribution in [0, 0.1) is 0 Å². The molecule has 1 aliphatic rings. The van der Waals surface area contributed by atoms with Gasteiger partial charge in [-0.1, -0.05) is 0 Å². The number of ether oxygens (including phenoxy) is 1. The van der Waals surface area contributed by atoms with E-state index in [1.165, 1.54) is 19.1 Å². The Hall–Kier alpha value is -1.40. The molecular formula is C12H13O5S-. The molecule has 0 amide bonds. The van der Waals surface area contributed by atoms with E-state index in [1.807, 2.05) is 0 Å². The molecule has 0 spiro atoms. The van der Waals surface area contributed by atoms with Gasteiger partial charge in [-0.25, -0.2) is 8.42 Å². The molecule has 0 bridgehead atoms. The number of fused-ring (bicyclic) bond motifs is 1. The topological polar surface area (TPSA) is 83.5 Å². The van der Waals surface area contributed by atoms with Crippen molar-refractivity contribution >= 4 is 16.1 Å². The molecule has 0 fully saturated rings. The summed E-state index contributed by atoms with van der Waals surface area (Å²) in [5.74, 6) is -0.0925. The first-order chi connectivity index (χ1) is 8.39. The Bertz CT molecular complexity index is 589. The monoisotopic (exact) mass is 269 g/mol. The molecule has 0 saturated heterocycles. The minimum atomic E-state index is -4.48. The fraction of sp³-hybridized carbons (Fsp3) is 0.417. The third kappa shape index (κ3) is 2.54. The lowest BCUT2D eigenvalue weighted by Gasteiger charge is -2.23. The van der Waals surface area contributed by atoms with Gasteiger partial charge in [-0.15, -0.1) is 0 Å². The van der Waals surface area contributed by atoms with Gasteiger partial charge < -0.3 is 9.29 Å². The first-order valence-corrected chi connectivity index (χ1v) is 7.09. The van der Waals surface area contributed by atoms with Crippen molar-refractivity contribution in [2.24, 2.45) is 0 Å². The van der Waals surface area contributed by atoms with Gasteiger partial charge in [0.15, 0.2) is 0 Å². The lowest BCUT2D eigenvalue weighted by molar-refractivity contribution is -0.131. The van der Waals surface area contributed by atoms with Crippen molar-refractivity contribution in [2.45, 2.75) is 37.5 Å². The van der Waals surface area contributed by atoms with Crippen LogP contribution in [-0.2, 0) is 27.8 Å². The number of rotatable bonds is 2. The Balaban J connectivity index is 2.59. The summed E-state index contributed by atoms with van der Waals surface area (Å²) in [7, 11) is -4.48. The molecule has 6 heteroatoms. The number of carbonyl (C=O) groups excluding carboxylic acids is 1. The van der Waals surface area contributed by atoms with Crippen LogP contribution >= 0.6 is 0 Å². The SMILES string of the molecule is CC(=O)Oc1ccc(S(=O)(=O)[O-])c2c1CCCC2. The molecule has 5 nitrogen and oxygen atoms in total. The number of benzene rings is 1. The summed E-state index contributed by atoms with van der Waals surface area (Å²) in [6, 6.07) is 2.61. The van der Waals surface area contributed by atoms with Crippen molar-refractivity contribution in [1.82, 2.24) is 0 Å². The van der Waals surface area contributed by atoms with E-state index >= 15 is 0 Å². The highest BCUT2D eigenvalue weighted by Crippen LogP contribution is 2.34.